The SMILES string of the molecule is Cc1ccccc1C1(c2cc(N(c3ccc4c(c3)C(C)(C)c3ccccc3-4)c3cccc4oc5ccccc5c34)cc(-c3ccc4c(c3)-c3ccccc3C4(C)C)c2C)c2ccccc2-c2ccccc21. The molecule has 1 aromatic heterocycles. The zero-order chi connectivity index (χ0) is 48.0. The van der Waals surface area contributed by atoms with Crippen LogP contribution in [0.3, 0.4) is 0 Å². The van der Waals surface area contributed by atoms with Crippen LogP contribution < -0.4 is 4.90 Å². The molecule has 2 nitrogen and oxygen atoms in total. The second-order valence-corrected chi connectivity index (χ2v) is 21.2. The fourth-order valence-corrected chi connectivity index (χ4v) is 13.6. The maximum atomic E-state index is 6.71. The third-order valence-electron chi connectivity index (χ3n) is 16.9. The predicted octanol–water partition coefficient (Wildman–Crippen LogP) is 18.3. The van der Waals surface area contributed by atoms with Crippen LogP contribution in [0.15, 0.2) is 217 Å². The van der Waals surface area contributed by atoms with Crippen LogP contribution in [0.4, 0.5) is 17.1 Å². The van der Waals surface area contributed by atoms with Gasteiger partial charge in [0.1, 0.15) is 11.2 Å². The van der Waals surface area contributed by atoms with E-state index < -0.39 is 5.41 Å². The van der Waals surface area contributed by atoms with Gasteiger partial charge >= 0.3 is 0 Å². The number of aryl methyl sites for hydroxylation is 1. The van der Waals surface area contributed by atoms with E-state index >= 15 is 0 Å². The molecule has 0 radical (unpaired) electrons. The van der Waals surface area contributed by atoms with Crippen LogP contribution in [-0.4, -0.2) is 0 Å². The molecule has 3 aliphatic carbocycles. The van der Waals surface area contributed by atoms with E-state index in [1.54, 1.807) is 0 Å². The van der Waals surface area contributed by atoms with Crippen molar-refractivity contribution in [1.82, 2.24) is 0 Å². The van der Waals surface area contributed by atoms with Gasteiger partial charge in [0.05, 0.1) is 16.5 Å². The van der Waals surface area contributed by atoms with E-state index in [1.165, 1.54) is 100 Å². The quantitative estimate of drug-likeness (QED) is 0.165. The first kappa shape index (κ1) is 41.7. The summed E-state index contributed by atoms with van der Waals surface area (Å²) in [6.07, 6.45) is 0. The summed E-state index contributed by atoms with van der Waals surface area (Å²) in [7, 11) is 0. The molecule has 2 heteroatoms. The average molecular weight is 912 g/mol. The second-order valence-electron chi connectivity index (χ2n) is 21.2. The van der Waals surface area contributed by atoms with E-state index in [0.717, 1.165) is 39.0 Å². The zero-order valence-corrected chi connectivity index (χ0v) is 41.1. The summed E-state index contributed by atoms with van der Waals surface area (Å²) in [6, 6.07) is 79.9. The smallest absolute Gasteiger partial charge is 0.137 e. The van der Waals surface area contributed by atoms with Gasteiger partial charge in [0.2, 0.25) is 0 Å². The van der Waals surface area contributed by atoms with Crippen molar-refractivity contribution in [2.75, 3.05) is 4.90 Å². The first-order valence-electron chi connectivity index (χ1n) is 25.2. The van der Waals surface area contributed by atoms with Crippen LogP contribution in [0.2, 0.25) is 0 Å². The first-order chi connectivity index (χ1) is 34.6. The van der Waals surface area contributed by atoms with E-state index in [1.807, 2.05) is 0 Å². The number of benzene rings is 10. The molecule has 0 bridgehead atoms. The molecule has 0 N–H and O–H groups in total. The minimum absolute atomic E-state index is 0.109. The third kappa shape index (κ3) is 5.65. The maximum Gasteiger partial charge on any atom is 0.137 e. The fourth-order valence-electron chi connectivity index (χ4n) is 13.6. The van der Waals surface area contributed by atoms with Gasteiger partial charge in [-0.2, -0.15) is 0 Å². The van der Waals surface area contributed by atoms with E-state index in [9.17, 15) is 0 Å². The van der Waals surface area contributed by atoms with Gasteiger partial charge in [0.25, 0.3) is 0 Å². The van der Waals surface area contributed by atoms with E-state index in [2.05, 4.69) is 259 Å². The van der Waals surface area contributed by atoms with Gasteiger partial charge in [-0.15, -0.1) is 0 Å². The number of hydrogen-bond acceptors (Lipinski definition) is 2. The molecule has 71 heavy (non-hydrogen) atoms. The molecule has 1 heterocycles. The van der Waals surface area contributed by atoms with Crippen LogP contribution in [-0.2, 0) is 16.2 Å². The monoisotopic (exact) mass is 911 g/mol. The van der Waals surface area contributed by atoms with Gasteiger partial charge in [0.15, 0.2) is 0 Å². The topological polar surface area (TPSA) is 16.4 Å². The summed E-state index contributed by atoms with van der Waals surface area (Å²) in [5, 5.41) is 2.19. The van der Waals surface area contributed by atoms with E-state index in [4.69, 9.17) is 4.42 Å². The second kappa shape index (κ2) is 14.9. The van der Waals surface area contributed by atoms with Gasteiger partial charge in [-0.1, -0.05) is 191 Å². The number of hydrogen-bond donors (Lipinski definition) is 0. The van der Waals surface area contributed by atoms with Crippen molar-refractivity contribution in [2.45, 2.75) is 57.8 Å². The minimum atomic E-state index is -0.653. The fraction of sp³-hybridized carbons (Fsp3) is 0.130. The maximum absolute atomic E-state index is 6.71. The Kier molecular flexibility index (Phi) is 8.76. The molecule has 0 spiro atoms. The number of furan rings is 1. The van der Waals surface area contributed by atoms with Crippen molar-refractivity contribution >= 4 is 39.0 Å². The van der Waals surface area contributed by atoms with Crippen molar-refractivity contribution in [3.63, 3.8) is 0 Å². The molecule has 0 aliphatic heterocycles. The molecule has 0 amide bonds. The normalized spacial score (nSPS) is 15.0. The molecule has 11 aromatic rings. The lowest BCUT2D eigenvalue weighted by Crippen LogP contribution is -2.31. The lowest BCUT2D eigenvalue weighted by Gasteiger charge is -2.38. The molecule has 3 aliphatic rings. The highest BCUT2D eigenvalue weighted by atomic mass is 16.3. The van der Waals surface area contributed by atoms with Gasteiger partial charge in [-0.3, -0.25) is 0 Å². The van der Waals surface area contributed by atoms with Gasteiger partial charge in [-0.25, -0.2) is 0 Å². The number of fused-ring (bicyclic) bond motifs is 12. The van der Waals surface area contributed by atoms with Crippen molar-refractivity contribution < 1.29 is 4.42 Å². The first-order valence-corrected chi connectivity index (χ1v) is 25.2. The minimum Gasteiger partial charge on any atom is -0.456 e. The van der Waals surface area contributed by atoms with Gasteiger partial charge in [0, 0.05) is 27.6 Å². The molecule has 0 saturated carbocycles. The van der Waals surface area contributed by atoms with Crippen LogP contribution in [0.1, 0.15) is 83.3 Å². The Balaban J connectivity index is 1.13. The highest BCUT2D eigenvalue weighted by Gasteiger charge is 2.48. The summed E-state index contributed by atoms with van der Waals surface area (Å²) in [4.78, 5) is 2.54. The number of anilines is 3. The molecule has 0 fully saturated rings. The number of nitrogens with zero attached hydrogens (tertiary/aromatic N) is 1. The largest absolute Gasteiger partial charge is 0.456 e. The Labute approximate surface area is 416 Å². The third-order valence-corrected chi connectivity index (χ3v) is 16.9. The average Bonchev–Trinajstić information content (AvgIpc) is 4.07. The molecular weight excluding hydrogens is 859 g/mol. The summed E-state index contributed by atoms with van der Waals surface area (Å²) in [5.74, 6) is 0. The molecule has 10 aromatic carbocycles. The summed E-state index contributed by atoms with van der Waals surface area (Å²) in [6.45, 7) is 14.2. The van der Waals surface area contributed by atoms with E-state index in [0.29, 0.717) is 0 Å². The predicted molar refractivity (Wildman–Crippen MR) is 296 cm³/mol. The highest BCUT2D eigenvalue weighted by molar-refractivity contribution is 6.13. The van der Waals surface area contributed by atoms with Crippen LogP contribution >= 0.6 is 0 Å². The van der Waals surface area contributed by atoms with Crippen molar-refractivity contribution in [2.24, 2.45) is 0 Å². The number of rotatable bonds is 6. The number of para-hydroxylation sites is 1. The summed E-state index contributed by atoms with van der Waals surface area (Å²) in [5.41, 5.74) is 27.4. The Morgan fingerprint density at radius 1 is 0.352 bits per heavy atom. The highest BCUT2D eigenvalue weighted by Crippen LogP contribution is 2.60. The molecule has 0 unspecified atom stereocenters. The Morgan fingerprint density at radius 3 is 1.56 bits per heavy atom. The molecule has 0 saturated heterocycles. The lowest BCUT2D eigenvalue weighted by molar-refractivity contribution is 0.660. The van der Waals surface area contributed by atoms with Crippen LogP contribution in [0, 0.1) is 13.8 Å². The molecule has 0 atom stereocenters. The Hall–Kier alpha value is -8.20. The van der Waals surface area contributed by atoms with Gasteiger partial charge in [-0.05, 0) is 163 Å². The van der Waals surface area contributed by atoms with Crippen molar-refractivity contribution in [1.29, 1.82) is 0 Å². The van der Waals surface area contributed by atoms with Crippen LogP contribution in [0.5, 0.6) is 0 Å². The standard InChI is InChI=1S/C69H53NO/c1-42-20-7-13-26-55(42)69(59-29-16-10-22-48(59)49-23-11-17-30-60(49)69)61-41-46(39-53(43(61)2)44-34-37-58-54(38-44)50-24-9-15-28-57(50)67(58,3)4)70(63-31-19-33-65-66(63)52-25-12-18-32-64(52)71-65)45-35-36-51-47-21-8-14-27-56(47)68(5,6)62(51)40-45/h7-41H,1-6H3. The van der Waals surface area contributed by atoms with Crippen molar-refractivity contribution in [3.8, 4) is 44.5 Å². The zero-order valence-electron chi connectivity index (χ0n) is 41.1. The Bertz CT molecular complexity index is 4000. The summed E-state index contributed by atoms with van der Waals surface area (Å²) < 4.78 is 6.71. The van der Waals surface area contributed by atoms with E-state index in [-0.39, 0.29) is 10.8 Å². The molecular formula is C69H53NO. The van der Waals surface area contributed by atoms with Crippen molar-refractivity contribution in [3.05, 3.63) is 268 Å². The Morgan fingerprint density at radius 2 is 0.873 bits per heavy atom. The van der Waals surface area contributed by atoms with Gasteiger partial charge < -0.3 is 9.32 Å². The van der Waals surface area contributed by atoms with Crippen LogP contribution in [0.25, 0.3) is 66.4 Å². The molecule has 340 valence electrons. The summed E-state index contributed by atoms with van der Waals surface area (Å²) >= 11 is 0. The molecule has 14 rings (SSSR count). The lowest BCUT2D eigenvalue weighted by atomic mass is 9.64.